The molecule has 3 nitrogen and oxygen atoms in total. The fourth-order valence-corrected chi connectivity index (χ4v) is 9.57. The largest absolute Gasteiger partial charge is 0.309 e. The topological polar surface area (TPSA) is 33.6 Å². The van der Waals surface area contributed by atoms with E-state index in [0.717, 1.165) is 22.4 Å². The minimum absolute atomic E-state index is 0.658. The standard InChI is InChI=1S/C49H29N3S/c50-30-31-19-23-35(24-20-31)51-44-16-4-1-11-38(44)42-28-32(21-25-46(42)51)33-22-26-47-43(29-33)39-12-2-5-17-45(39)52(47)36-10-7-9-34(27-36)37-14-8-15-41-40-13-3-6-18-48(40)53-49(37)41/h1-29H. The molecule has 11 rings (SSSR count). The van der Waals surface area contributed by atoms with Gasteiger partial charge in [-0.3, -0.25) is 0 Å². The molecule has 0 bridgehead atoms. The lowest BCUT2D eigenvalue weighted by Crippen LogP contribution is -1.94. The summed E-state index contributed by atoms with van der Waals surface area (Å²) >= 11 is 1.87. The highest BCUT2D eigenvalue weighted by Crippen LogP contribution is 2.42. The summed E-state index contributed by atoms with van der Waals surface area (Å²) in [5.74, 6) is 0. The second-order valence-electron chi connectivity index (χ2n) is 13.7. The van der Waals surface area contributed by atoms with Crippen LogP contribution in [0.5, 0.6) is 0 Å². The van der Waals surface area contributed by atoms with Crippen molar-refractivity contribution in [2.24, 2.45) is 0 Å². The van der Waals surface area contributed by atoms with Crippen molar-refractivity contribution in [3.63, 3.8) is 0 Å². The van der Waals surface area contributed by atoms with E-state index in [9.17, 15) is 5.26 Å². The Morgan fingerprint density at radius 2 is 0.962 bits per heavy atom. The third kappa shape index (κ3) is 4.52. The van der Waals surface area contributed by atoms with Crippen LogP contribution in [0.25, 0.3) is 97.4 Å². The number of aromatic nitrogens is 2. The summed E-state index contributed by atoms with van der Waals surface area (Å²) in [6, 6.07) is 65.5. The average molecular weight is 692 g/mol. The van der Waals surface area contributed by atoms with Gasteiger partial charge in [0.25, 0.3) is 0 Å². The van der Waals surface area contributed by atoms with Crippen LogP contribution in [0.15, 0.2) is 176 Å². The Hall–Kier alpha value is -6.93. The summed E-state index contributed by atoms with van der Waals surface area (Å²) in [7, 11) is 0. The van der Waals surface area contributed by atoms with E-state index in [4.69, 9.17) is 0 Å². The van der Waals surface area contributed by atoms with Crippen molar-refractivity contribution >= 4 is 75.1 Å². The lowest BCUT2D eigenvalue weighted by molar-refractivity contribution is 1.18. The molecule has 0 spiro atoms. The average Bonchev–Trinajstić information content (AvgIpc) is 3.88. The summed E-state index contributed by atoms with van der Waals surface area (Å²) in [6.07, 6.45) is 0. The Bertz CT molecular complexity index is 3300. The maximum atomic E-state index is 9.37. The van der Waals surface area contributed by atoms with E-state index in [0.29, 0.717) is 5.56 Å². The molecule has 0 aliphatic carbocycles. The highest BCUT2D eigenvalue weighted by molar-refractivity contribution is 7.26. The van der Waals surface area contributed by atoms with E-state index in [1.54, 1.807) is 0 Å². The van der Waals surface area contributed by atoms with Crippen LogP contribution in [0.1, 0.15) is 5.56 Å². The lowest BCUT2D eigenvalue weighted by Gasteiger charge is -2.11. The van der Waals surface area contributed by atoms with Crippen LogP contribution in [-0.4, -0.2) is 9.13 Å². The molecule has 0 unspecified atom stereocenters. The van der Waals surface area contributed by atoms with Gasteiger partial charge in [-0.15, -0.1) is 11.3 Å². The predicted molar refractivity (Wildman–Crippen MR) is 224 cm³/mol. The Balaban J connectivity index is 1.06. The van der Waals surface area contributed by atoms with Crippen LogP contribution in [0.3, 0.4) is 0 Å². The SMILES string of the molecule is N#Cc1ccc(-n2c3ccccc3c3cc(-c4ccc5c(c4)c4ccccc4n5-c4cccc(-c5cccc6c5sc5ccccc56)c4)ccc32)cc1. The van der Waals surface area contributed by atoms with Crippen LogP contribution < -0.4 is 0 Å². The summed E-state index contributed by atoms with van der Waals surface area (Å²) in [5.41, 5.74) is 12.4. The molecule has 0 saturated carbocycles. The monoisotopic (exact) mass is 691 g/mol. The molecule has 0 aliphatic heterocycles. The Morgan fingerprint density at radius 3 is 1.64 bits per heavy atom. The van der Waals surface area contributed by atoms with Crippen molar-refractivity contribution < 1.29 is 0 Å². The van der Waals surface area contributed by atoms with E-state index in [2.05, 4.69) is 167 Å². The van der Waals surface area contributed by atoms with E-state index >= 15 is 0 Å². The van der Waals surface area contributed by atoms with Crippen molar-refractivity contribution in [3.05, 3.63) is 181 Å². The summed E-state index contributed by atoms with van der Waals surface area (Å²) in [5, 5.41) is 16.9. The fourth-order valence-electron chi connectivity index (χ4n) is 8.33. The molecule has 0 N–H and O–H groups in total. The second-order valence-corrected chi connectivity index (χ2v) is 14.7. The van der Waals surface area contributed by atoms with Crippen molar-refractivity contribution in [1.82, 2.24) is 9.13 Å². The van der Waals surface area contributed by atoms with Gasteiger partial charge in [0.1, 0.15) is 0 Å². The Labute approximate surface area is 309 Å². The van der Waals surface area contributed by atoms with Gasteiger partial charge in [0.05, 0.1) is 33.7 Å². The molecule has 0 aliphatic rings. The first-order valence-electron chi connectivity index (χ1n) is 17.8. The summed E-state index contributed by atoms with van der Waals surface area (Å²) < 4.78 is 7.36. The van der Waals surface area contributed by atoms with Gasteiger partial charge in [-0.05, 0) is 101 Å². The Morgan fingerprint density at radius 1 is 0.396 bits per heavy atom. The quantitative estimate of drug-likeness (QED) is 0.181. The minimum Gasteiger partial charge on any atom is -0.309 e. The summed E-state index contributed by atoms with van der Waals surface area (Å²) in [6.45, 7) is 0. The number of nitrogens with zero attached hydrogens (tertiary/aromatic N) is 3. The van der Waals surface area contributed by atoms with Gasteiger partial charge in [-0.25, -0.2) is 0 Å². The number of rotatable bonds is 4. The molecule has 0 radical (unpaired) electrons. The highest BCUT2D eigenvalue weighted by Gasteiger charge is 2.17. The molecule has 4 heteroatoms. The third-order valence-corrected chi connectivity index (χ3v) is 12.0. The zero-order chi connectivity index (χ0) is 35.0. The van der Waals surface area contributed by atoms with E-state index in [-0.39, 0.29) is 0 Å². The molecule has 0 atom stereocenters. The van der Waals surface area contributed by atoms with Crippen molar-refractivity contribution in [1.29, 1.82) is 5.26 Å². The van der Waals surface area contributed by atoms with E-state index in [1.807, 2.05) is 35.6 Å². The Kier molecular flexibility index (Phi) is 6.48. The lowest BCUT2D eigenvalue weighted by atomic mass is 10.0. The molecule has 53 heavy (non-hydrogen) atoms. The molecule has 0 fully saturated rings. The maximum Gasteiger partial charge on any atom is 0.0991 e. The first-order valence-corrected chi connectivity index (χ1v) is 18.6. The number of hydrogen-bond acceptors (Lipinski definition) is 2. The van der Waals surface area contributed by atoms with Crippen LogP contribution in [-0.2, 0) is 0 Å². The van der Waals surface area contributed by atoms with Crippen LogP contribution in [0.4, 0.5) is 0 Å². The number of thiophene rings is 1. The van der Waals surface area contributed by atoms with Crippen LogP contribution >= 0.6 is 11.3 Å². The molecule has 3 aromatic heterocycles. The number of fused-ring (bicyclic) bond motifs is 9. The van der Waals surface area contributed by atoms with Gasteiger partial charge in [0.15, 0.2) is 0 Å². The summed E-state index contributed by atoms with van der Waals surface area (Å²) in [4.78, 5) is 0. The van der Waals surface area contributed by atoms with Gasteiger partial charge in [-0.1, -0.05) is 97.1 Å². The predicted octanol–water partition coefficient (Wildman–Crippen LogP) is 13.5. The molecular formula is C49H29N3S. The first-order chi connectivity index (χ1) is 26.2. The molecule has 0 saturated heterocycles. The van der Waals surface area contributed by atoms with Gasteiger partial charge in [0.2, 0.25) is 0 Å². The smallest absolute Gasteiger partial charge is 0.0991 e. The zero-order valence-electron chi connectivity index (χ0n) is 28.5. The fraction of sp³-hybridized carbons (Fsp3) is 0. The maximum absolute atomic E-state index is 9.37. The molecule has 8 aromatic carbocycles. The van der Waals surface area contributed by atoms with Gasteiger partial charge >= 0.3 is 0 Å². The van der Waals surface area contributed by atoms with Crippen molar-refractivity contribution in [2.45, 2.75) is 0 Å². The molecule has 246 valence electrons. The normalized spacial score (nSPS) is 11.8. The second kappa shape index (κ2) is 11.5. The number of nitriles is 1. The van der Waals surface area contributed by atoms with E-state index in [1.165, 1.54) is 75.0 Å². The zero-order valence-corrected chi connectivity index (χ0v) is 29.3. The molecule has 3 heterocycles. The van der Waals surface area contributed by atoms with E-state index < -0.39 is 0 Å². The molecular weight excluding hydrogens is 663 g/mol. The first kappa shape index (κ1) is 29.8. The van der Waals surface area contributed by atoms with Gasteiger partial charge in [-0.2, -0.15) is 5.26 Å². The number of para-hydroxylation sites is 2. The minimum atomic E-state index is 0.658. The molecule has 11 aromatic rings. The molecule has 0 amide bonds. The highest BCUT2D eigenvalue weighted by atomic mass is 32.1. The van der Waals surface area contributed by atoms with Gasteiger partial charge in [0, 0.05) is 53.1 Å². The third-order valence-electron chi connectivity index (χ3n) is 10.8. The van der Waals surface area contributed by atoms with Crippen molar-refractivity contribution in [3.8, 4) is 39.7 Å². The number of benzene rings is 8. The van der Waals surface area contributed by atoms with Crippen LogP contribution in [0, 0.1) is 11.3 Å². The number of hydrogen-bond donors (Lipinski definition) is 0. The van der Waals surface area contributed by atoms with Gasteiger partial charge < -0.3 is 9.13 Å². The van der Waals surface area contributed by atoms with Crippen LogP contribution in [0.2, 0.25) is 0 Å². The van der Waals surface area contributed by atoms with Crippen molar-refractivity contribution in [2.75, 3.05) is 0 Å².